The van der Waals surface area contributed by atoms with Gasteiger partial charge in [0.2, 0.25) is 0 Å². The molecule has 0 saturated carbocycles. The summed E-state index contributed by atoms with van der Waals surface area (Å²) in [6.45, 7) is 15.6. The van der Waals surface area contributed by atoms with Gasteiger partial charge in [0, 0.05) is 8.07 Å². The van der Waals surface area contributed by atoms with Crippen LogP contribution in [0, 0.1) is 5.41 Å². The van der Waals surface area contributed by atoms with Gasteiger partial charge < -0.3 is 5.11 Å². The van der Waals surface area contributed by atoms with Crippen LogP contribution in [-0.4, -0.2) is 19.3 Å². The summed E-state index contributed by atoms with van der Waals surface area (Å²) in [5.74, 6) is 0. The molecule has 0 radical (unpaired) electrons. The minimum Gasteiger partial charge on any atom is -0.389 e. The van der Waals surface area contributed by atoms with E-state index in [4.69, 9.17) is 0 Å². The van der Waals surface area contributed by atoms with Crippen molar-refractivity contribution in [2.75, 3.05) is 0 Å². The van der Waals surface area contributed by atoms with Crippen LogP contribution in [0.4, 0.5) is 0 Å². The topological polar surface area (TPSA) is 20.2 Å². The standard InChI is InChI=1S/C17H32OSi/c1-7-8-9-10-11-15-14(13-19(4,5)6)16(18)12-17(15,2)3/h7,16,18H,1,8-13H2,2-6H3/t16-/m0/s1. The fraction of sp³-hybridized carbons (Fsp3) is 0.765. The molecule has 0 fully saturated rings. The van der Waals surface area contributed by atoms with E-state index >= 15 is 0 Å². The first-order valence-electron chi connectivity index (χ1n) is 7.69. The van der Waals surface area contributed by atoms with Crippen molar-refractivity contribution in [2.24, 2.45) is 5.41 Å². The maximum Gasteiger partial charge on any atom is 0.0758 e. The lowest BCUT2D eigenvalue weighted by molar-refractivity contribution is 0.181. The van der Waals surface area contributed by atoms with Crippen LogP contribution in [0.25, 0.3) is 0 Å². The van der Waals surface area contributed by atoms with Crippen LogP contribution in [0.3, 0.4) is 0 Å². The third-order valence-corrected chi connectivity index (χ3v) is 5.56. The SMILES string of the molecule is C=CCCCCC1=C(C[Si](C)(C)C)[C@@H](O)CC1(C)C. The monoisotopic (exact) mass is 280 g/mol. The summed E-state index contributed by atoms with van der Waals surface area (Å²) in [7, 11) is -1.16. The van der Waals surface area contributed by atoms with Crippen molar-refractivity contribution in [3.05, 3.63) is 23.8 Å². The van der Waals surface area contributed by atoms with Crippen molar-refractivity contribution in [1.29, 1.82) is 0 Å². The van der Waals surface area contributed by atoms with Gasteiger partial charge in [0.05, 0.1) is 6.10 Å². The van der Waals surface area contributed by atoms with Gasteiger partial charge in [0.15, 0.2) is 0 Å². The summed E-state index contributed by atoms with van der Waals surface area (Å²) in [6, 6.07) is 1.16. The average molecular weight is 281 g/mol. The van der Waals surface area contributed by atoms with Crippen molar-refractivity contribution in [2.45, 2.75) is 77.7 Å². The first kappa shape index (κ1) is 16.7. The fourth-order valence-electron chi connectivity index (χ4n) is 3.25. The highest BCUT2D eigenvalue weighted by molar-refractivity contribution is 6.76. The van der Waals surface area contributed by atoms with Crippen LogP contribution in [-0.2, 0) is 0 Å². The summed E-state index contributed by atoms with van der Waals surface area (Å²) in [6.07, 6.45) is 7.47. The van der Waals surface area contributed by atoms with Gasteiger partial charge in [-0.15, -0.1) is 6.58 Å². The molecule has 1 N–H and O–H groups in total. The Kier molecular flexibility index (Phi) is 5.63. The van der Waals surface area contributed by atoms with E-state index in [1.807, 2.05) is 6.08 Å². The van der Waals surface area contributed by atoms with E-state index in [0.717, 1.165) is 25.3 Å². The summed E-state index contributed by atoms with van der Waals surface area (Å²) < 4.78 is 0. The molecule has 1 aliphatic rings. The Labute approximate surface area is 120 Å². The largest absolute Gasteiger partial charge is 0.389 e. The first-order chi connectivity index (χ1) is 8.67. The number of allylic oxidation sites excluding steroid dienone is 2. The van der Waals surface area contributed by atoms with Gasteiger partial charge in [-0.25, -0.2) is 0 Å². The van der Waals surface area contributed by atoms with Crippen molar-refractivity contribution in [3.63, 3.8) is 0 Å². The Hall–Kier alpha value is -0.343. The van der Waals surface area contributed by atoms with E-state index in [2.05, 4.69) is 40.1 Å². The van der Waals surface area contributed by atoms with Crippen LogP contribution in [0.5, 0.6) is 0 Å². The molecule has 0 unspecified atom stereocenters. The van der Waals surface area contributed by atoms with E-state index in [9.17, 15) is 5.11 Å². The molecule has 2 heteroatoms. The maximum atomic E-state index is 10.4. The van der Waals surface area contributed by atoms with Crippen LogP contribution in [0.2, 0.25) is 25.7 Å². The van der Waals surface area contributed by atoms with Crippen molar-refractivity contribution < 1.29 is 5.11 Å². The molecule has 1 aliphatic carbocycles. The maximum absolute atomic E-state index is 10.4. The van der Waals surface area contributed by atoms with E-state index in [0.29, 0.717) is 0 Å². The van der Waals surface area contributed by atoms with Gasteiger partial charge in [0.1, 0.15) is 0 Å². The fourth-order valence-corrected chi connectivity index (χ4v) is 4.84. The predicted octanol–water partition coefficient (Wildman–Crippen LogP) is 5.16. The molecule has 0 amide bonds. The second-order valence-electron chi connectivity index (χ2n) is 7.88. The summed E-state index contributed by atoms with van der Waals surface area (Å²) in [5.41, 5.74) is 3.15. The number of hydrogen-bond acceptors (Lipinski definition) is 1. The molecule has 0 aromatic carbocycles. The smallest absolute Gasteiger partial charge is 0.0758 e. The molecule has 110 valence electrons. The van der Waals surface area contributed by atoms with Gasteiger partial charge in [0.25, 0.3) is 0 Å². The molecule has 19 heavy (non-hydrogen) atoms. The zero-order valence-electron chi connectivity index (χ0n) is 13.6. The first-order valence-corrected chi connectivity index (χ1v) is 11.4. The number of hydrogen-bond donors (Lipinski definition) is 1. The number of aliphatic hydroxyl groups is 1. The Balaban J connectivity index is 2.83. The third-order valence-electron chi connectivity index (χ3n) is 4.12. The molecular weight excluding hydrogens is 248 g/mol. The van der Waals surface area contributed by atoms with Gasteiger partial charge in [-0.3, -0.25) is 0 Å². The molecular formula is C17H32OSi. The van der Waals surface area contributed by atoms with Crippen molar-refractivity contribution >= 4 is 8.07 Å². The average Bonchev–Trinajstić information content (AvgIpc) is 2.43. The molecule has 0 spiro atoms. The van der Waals surface area contributed by atoms with Crippen LogP contribution in [0.15, 0.2) is 23.8 Å². The minimum absolute atomic E-state index is 0.184. The molecule has 0 heterocycles. The number of unbranched alkanes of at least 4 members (excludes halogenated alkanes) is 2. The quantitative estimate of drug-likeness (QED) is 0.388. The molecule has 0 saturated heterocycles. The third kappa shape index (κ3) is 4.92. The number of aliphatic hydroxyl groups excluding tert-OH is 1. The molecule has 0 aromatic heterocycles. The highest BCUT2D eigenvalue weighted by Gasteiger charge is 2.38. The van der Waals surface area contributed by atoms with Crippen LogP contribution in [0.1, 0.15) is 46.0 Å². The van der Waals surface area contributed by atoms with Crippen molar-refractivity contribution in [1.82, 2.24) is 0 Å². The zero-order valence-corrected chi connectivity index (χ0v) is 14.6. The van der Waals surface area contributed by atoms with Crippen molar-refractivity contribution in [3.8, 4) is 0 Å². The lowest BCUT2D eigenvalue weighted by Crippen LogP contribution is -2.23. The Morgan fingerprint density at radius 3 is 2.47 bits per heavy atom. The summed E-state index contributed by atoms with van der Waals surface area (Å²) in [4.78, 5) is 0. The summed E-state index contributed by atoms with van der Waals surface area (Å²) in [5, 5.41) is 10.4. The molecule has 1 atom stereocenters. The van der Waals surface area contributed by atoms with Gasteiger partial charge in [-0.1, -0.05) is 45.1 Å². The van der Waals surface area contributed by atoms with E-state index < -0.39 is 8.07 Å². The molecule has 1 nitrogen and oxygen atoms in total. The van der Waals surface area contributed by atoms with E-state index in [-0.39, 0.29) is 11.5 Å². The second kappa shape index (κ2) is 6.40. The Morgan fingerprint density at radius 2 is 1.95 bits per heavy atom. The number of rotatable bonds is 7. The van der Waals surface area contributed by atoms with Gasteiger partial charge in [-0.05, 0) is 49.1 Å². The molecule has 0 aliphatic heterocycles. The highest BCUT2D eigenvalue weighted by Crippen LogP contribution is 2.47. The molecule has 0 bridgehead atoms. The highest BCUT2D eigenvalue weighted by atomic mass is 28.3. The van der Waals surface area contributed by atoms with E-state index in [1.165, 1.54) is 18.4 Å². The molecule has 1 rings (SSSR count). The second-order valence-corrected chi connectivity index (χ2v) is 13.4. The lowest BCUT2D eigenvalue weighted by atomic mass is 9.82. The van der Waals surface area contributed by atoms with E-state index in [1.54, 1.807) is 5.57 Å². The zero-order chi connectivity index (χ0) is 14.7. The Morgan fingerprint density at radius 1 is 1.32 bits per heavy atom. The normalized spacial score (nSPS) is 22.9. The van der Waals surface area contributed by atoms with Crippen LogP contribution < -0.4 is 0 Å². The lowest BCUT2D eigenvalue weighted by Gasteiger charge is -2.24. The Bertz CT molecular complexity index is 347. The predicted molar refractivity (Wildman–Crippen MR) is 88.2 cm³/mol. The summed E-state index contributed by atoms with van der Waals surface area (Å²) >= 11 is 0. The van der Waals surface area contributed by atoms with Crippen LogP contribution >= 0.6 is 0 Å². The minimum atomic E-state index is -1.16. The van der Waals surface area contributed by atoms with Gasteiger partial charge in [-0.2, -0.15) is 0 Å². The van der Waals surface area contributed by atoms with Gasteiger partial charge >= 0.3 is 0 Å². The molecule has 0 aromatic rings.